The van der Waals surface area contributed by atoms with Gasteiger partial charge in [0.05, 0.1) is 5.56 Å². The highest BCUT2D eigenvalue weighted by atomic mass is 19.4. The molecule has 1 aromatic carbocycles. The van der Waals surface area contributed by atoms with E-state index >= 15 is 0 Å². The molecule has 0 saturated heterocycles. The van der Waals surface area contributed by atoms with Crippen molar-refractivity contribution in [2.24, 2.45) is 11.7 Å². The zero-order valence-electron chi connectivity index (χ0n) is 9.50. The standard InChI is InChI=1S/C13H16F3N/c14-13(15,16)11-6-1-9(2-7-11)3-8-12(17)10-4-5-10/h1-2,6-7,10,12H,3-5,8,17H2. The van der Waals surface area contributed by atoms with Crippen LogP contribution in [0.25, 0.3) is 0 Å². The Bertz CT molecular complexity index is 365. The molecule has 17 heavy (non-hydrogen) atoms. The van der Waals surface area contributed by atoms with Crippen LogP contribution >= 0.6 is 0 Å². The Morgan fingerprint density at radius 2 is 1.76 bits per heavy atom. The predicted molar refractivity (Wildman–Crippen MR) is 60.5 cm³/mol. The summed E-state index contributed by atoms with van der Waals surface area (Å²) in [5.74, 6) is 0.643. The fraction of sp³-hybridized carbons (Fsp3) is 0.538. The van der Waals surface area contributed by atoms with Gasteiger partial charge in [-0.2, -0.15) is 13.2 Å². The van der Waals surface area contributed by atoms with E-state index in [1.54, 1.807) is 12.1 Å². The van der Waals surface area contributed by atoms with Crippen LogP contribution in [0, 0.1) is 5.92 Å². The number of rotatable bonds is 4. The van der Waals surface area contributed by atoms with Gasteiger partial charge in [0.1, 0.15) is 0 Å². The van der Waals surface area contributed by atoms with E-state index in [2.05, 4.69) is 0 Å². The van der Waals surface area contributed by atoms with E-state index in [0.717, 1.165) is 30.5 Å². The van der Waals surface area contributed by atoms with Crippen LogP contribution in [-0.4, -0.2) is 6.04 Å². The smallest absolute Gasteiger partial charge is 0.327 e. The average molecular weight is 243 g/mol. The molecule has 0 aliphatic heterocycles. The monoisotopic (exact) mass is 243 g/mol. The Kier molecular flexibility index (Phi) is 3.43. The van der Waals surface area contributed by atoms with Gasteiger partial charge in [0, 0.05) is 6.04 Å². The minimum atomic E-state index is -4.25. The van der Waals surface area contributed by atoms with Crippen molar-refractivity contribution in [3.8, 4) is 0 Å². The van der Waals surface area contributed by atoms with Crippen molar-refractivity contribution in [2.75, 3.05) is 0 Å². The second kappa shape index (κ2) is 4.69. The first-order valence-corrected chi connectivity index (χ1v) is 5.88. The number of alkyl halides is 3. The SMILES string of the molecule is NC(CCc1ccc(C(F)(F)F)cc1)C1CC1. The lowest BCUT2D eigenvalue weighted by Gasteiger charge is -2.11. The third-order valence-electron chi connectivity index (χ3n) is 3.28. The first-order chi connectivity index (χ1) is 7.97. The zero-order chi connectivity index (χ0) is 12.5. The van der Waals surface area contributed by atoms with Crippen molar-refractivity contribution in [1.29, 1.82) is 0 Å². The highest BCUT2D eigenvalue weighted by molar-refractivity contribution is 5.24. The molecule has 4 heteroatoms. The first kappa shape index (κ1) is 12.4. The molecule has 2 N–H and O–H groups in total. The summed E-state index contributed by atoms with van der Waals surface area (Å²) in [6, 6.07) is 5.57. The Hall–Kier alpha value is -1.03. The van der Waals surface area contributed by atoms with Gasteiger partial charge >= 0.3 is 6.18 Å². The molecule has 0 heterocycles. The molecule has 1 aromatic rings. The number of benzene rings is 1. The third kappa shape index (κ3) is 3.46. The zero-order valence-corrected chi connectivity index (χ0v) is 9.50. The van der Waals surface area contributed by atoms with Gasteiger partial charge in [-0.15, -0.1) is 0 Å². The van der Waals surface area contributed by atoms with Gasteiger partial charge in [-0.25, -0.2) is 0 Å². The summed E-state index contributed by atoms with van der Waals surface area (Å²) in [7, 11) is 0. The van der Waals surface area contributed by atoms with Crippen LogP contribution in [0.1, 0.15) is 30.4 Å². The quantitative estimate of drug-likeness (QED) is 0.862. The Morgan fingerprint density at radius 1 is 1.18 bits per heavy atom. The number of hydrogen-bond donors (Lipinski definition) is 1. The van der Waals surface area contributed by atoms with E-state index in [-0.39, 0.29) is 6.04 Å². The lowest BCUT2D eigenvalue weighted by Crippen LogP contribution is -2.22. The van der Waals surface area contributed by atoms with Crippen molar-refractivity contribution >= 4 is 0 Å². The summed E-state index contributed by atoms with van der Waals surface area (Å²) < 4.78 is 37.0. The molecule has 1 atom stereocenters. The van der Waals surface area contributed by atoms with E-state index in [9.17, 15) is 13.2 Å². The maximum atomic E-state index is 12.3. The van der Waals surface area contributed by atoms with E-state index in [0.29, 0.717) is 5.92 Å². The van der Waals surface area contributed by atoms with Gasteiger partial charge in [0.2, 0.25) is 0 Å². The van der Waals surface area contributed by atoms with Crippen molar-refractivity contribution in [3.63, 3.8) is 0 Å². The molecule has 1 nitrogen and oxygen atoms in total. The molecule has 2 rings (SSSR count). The minimum Gasteiger partial charge on any atom is -0.327 e. The van der Waals surface area contributed by atoms with Crippen LogP contribution in [0.15, 0.2) is 24.3 Å². The number of hydrogen-bond acceptors (Lipinski definition) is 1. The minimum absolute atomic E-state index is 0.206. The summed E-state index contributed by atoms with van der Waals surface area (Å²) >= 11 is 0. The molecule has 1 fully saturated rings. The van der Waals surface area contributed by atoms with E-state index < -0.39 is 11.7 Å². The topological polar surface area (TPSA) is 26.0 Å². The van der Waals surface area contributed by atoms with Gasteiger partial charge in [0.15, 0.2) is 0 Å². The highest BCUT2D eigenvalue weighted by Gasteiger charge is 2.30. The molecule has 1 unspecified atom stereocenters. The molecule has 0 aromatic heterocycles. The van der Waals surface area contributed by atoms with Gasteiger partial charge in [-0.1, -0.05) is 12.1 Å². The predicted octanol–water partition coefficient (Wildman–Crippen LogP) is 3.38. The lowest BCUT2D eigenvalue weighted by atomic mass is 10.0. The van der Waals surface area contributed by atoms with Crippen LogP contribution in [0.2, 0.25) is 0 Å². The largest absolute Gasteiger partial charge is 0.416 e. The van der Waals surface area contributed by atoms with E-state index in [4.69, 9.17) is 5.73 Å². The van der Waals surface area contributed by atoms with Gasteiger partial charge in [0.25, 0.3) is 0 Å². The maximum absolute atomic E-state index is 12.3. The second-order valence-corrected chi connectivity index (χ2v) is 4.73. The van der Waals surface area contributed by atoms with Crippen molar-refractivity contribution in [2.45, 2.75) is 37.9 Å². The molecule has 0 spiro atoms. The van der Waals surface area contributed by atoms with Crippen LogP contribution < -0.4 is 5.73 Å². The third-order valence-corrected chi connectivity index (χ3v) is 3.28. The van der Waals surface area contributed by atoms with Crippen molar-refractivity contribution in [1.82, 2.24) is 0 Å². The first-order valence-electron chi connectivity index (χ1n) is 5.88. The van der Waals surface area contributed by atoms with Gasteiger partial charge < -0.3 is 5.73 Å². The number of aryl methyl sites for hydroxylation is 1. The van der Waals surface area contributed by atoms with E-state index in [1.807, 2.05) is 0 Å². The summed E-state index contributed by atoms with van der Waals surface area (Å²) in [4.78, 5) is 0. The molecule has 94 valence electrons. The number of halogens is 3. The van der Waals surface area contributed by atoms with E-state index in [1.165, 1.54) is 12.8 Å². The van der Waals surface area contributed by atoms with Gasteiger partial charge in [-0.3, -0.25) is 0 Å². The molecule has 0 amide bonds. The summed E-state index contributed by atoms with van der Waals surface area (Å²) in [6.45, 7) is 0. The summed E-state index contributed by atoms with van der Waals surface area (Å²) in [5.41, 5.74) is 6.28. The molecule has 1 saturated carbocycles. The summed E-state index contributed by atoms with van der Waals surface area (Å²) in [5, 5.41) is 0. The Balaban J connectivity index is 1.89. The molecule has 0 bridgehead atoms. The van der Waals surface area contributed by atoms with Crippen LogP contribution in [0.5, 0.6) is 0 Å². The maximum Gasteiger partial charge on any atom is 0.416 e. The Labute approximate surface area is 98.8 Å². The second-order valence-electron chi connectivity index (χ2n) is 4.73. The fourth-order valence-electron chi connectivity index (χ4n) is 1.95. The fourth-order valence-corrected chi connectivity index (χ4v) is 1.95. The Morgan fingerprint density at radius 3 is 2.24 bits per heavy atom. The van der Waals surface area contributed by atoms with Gasteiger partial charge in [-0.05, 0) is 49.3 Å². The van der Waals surface area contributed by atoms with Crippen LogP contribution in [0.3, 0.4) is 0 Å². The summed E-state index contributed by atoms with van der Waals surface area (Å²) in [6.07, 6.45) is -0.225. The number of nitrogens with two attached hydrogens (primary N) is 1. The molecule has 1 aliphatic carbocycles. The van der Waals surface area contributed by atoms with Crippen LogP contribution in [0.4, 0.5) is 13.2 Å². The molecular weight excluding hydrogens is 227 g/mol. The highest BCUT2D eigenvalue weighted by Crippen LogP contribution is 2.33. The van der Waals surface area contributed by atoms with Crippen molar-refractivity contribution < 1.29 is 13.2 Å². The normalized spacial score (nSPS) is 18.1. The van der Waals surface area contributed by atoms with Crippen molar-refractivity contribution in [3.05, 3.63) is 35.4 Å². The molecule has 1 aliphatic rings. The van der Waals surface area contributed by atoms with Crippen LogP contribution in [-0.2, 0) is 12.6 Å². The molecule has 0 radical (unpaired) electrons. The lowest BCUT2D eigenvalue weighted by molar-refractivity contribution is -0.137. The molecular formula is C13H16F3N. The average Bonchev–Trinajstić information content (AvgIpc) is 3.09.